The van der Waals surface area contributed by atoms with Crippen LogP contribution >= 0.6 is 0 Å². The molecule has 98 valence electrons. The molecule has 18 heavy (non-hydrogen) atoms. The number of hydrogen-bond acceptors (Lipinski definition) is 3. The van der Waals surface area contributed by atoms with E-state index in [2.05, 4.69) is 4.98 Å². The Hall–Kier alpha value is -1.66. The summed E-state index contributed by atoms with van der Waals surface area (Å²) in [6.45, 7) is -0.652. The van der Waals surface area contributed by atoms with Crippen molar-refractivity contribution < 1.29 is 27.1 Å². The molecule has 1 aromatic rings. The lowest BCUT2D eigenvalue weighted by Gasteiger charge is -2.19. The maximum atomic E-state index is 13.3. The minimum absolute atomic E-state index is 0.00296. The lowest BCUT2D eigenvalue weighted by atomic mass is 10.1. The third kappa shape index (κ3) is 2.30. The van der Waals surface area contributed by atoms with Gasteiger partial charge in [0.05, 0.1) is 0 Å². The standard InChI is InChI=1S/C11H9F4NO2/c12-8-3-7(5-17)4-16-9(8)18-6-10(1-2-10)11(13,14)15/h3-5H,1-2,6H2. The second-order valence-corrected chi connectivity index (χ2v) is 4.24. The second kappa shape index (κ2) is 4.22. The Morgan fingerprint density at radius 2 is 2.11 bits per heavy atom. The molecule has 1 fully saturated rings. The summed E-state index contributed by atoms with van der Waals surface area (Å²) in [5, 5.41) is 0. The number of pyridine rings is 1. The number of carbonyl (C=O) groups excluding carboxylic acids is 1. The van der Waals surface area contributed by atoms with E-state index in [1.165, 1.54) is 0 Å². The zero-order valence-electron chi connectivity index (χ0n) is 9.13. The molecule has 1 aromatic heterocycles. The summed E-state index contributed by atoms with van der Waals surface area (Å²) in [4.78, 5) is 13.8. The molecule has 0 aromatic carbocycles. The smallest absolute Gasteiger partial charge is 0.397 e. The van der Waals surface area contributed by atoms with Crippen molar-refractivity contribution in [2.45, 2.75) is 19.0 Å². The number of aromatic nitrogens is 1. The number of hydrogen-bond donors (Lipinski definition) is 0. The van der Waals surface area contributed by atoms with Crippen molar-refractivity contribution in [2.24, 2.45) is 5.41 Å². The van der Waals surface area contributed by atoms with Gasteiger partial charge in [0.15, 0.2) is 12.1 Å². The summed E-state index contributed by atoms with van der Waals surface area (Å²) in [5.41, 5.74) is -1.87. The molecule has 0 saturated heterocycles. The molecule has 0 N–H and O–H groups in total. The van der Waals surface area contributed by atoms with Gasteiger partial charge >= 0.3 is 6.18 Å². The first kappa shape index (κ1) is 12.8. The number of rotatable bonds is 4. The van der Waals surface area contributed by atoms with Crippen LogP contribution in [-0.2, 0) is 0 Å². The van der Waals surface area contributed by atoms with Crippen molar-refractivity contribution in [3.8, 4) is 5.88 Å². The fraction of sp³-hybridized carbons (Fsp3) is 0.455. The summed E-state index contributed by atoms with van der Waals surface area (Å²) < 4.78 is 55.8. The second-order valence-electron chi connectivity index (χ2n) is 4.24. The van der Waals surface area contributed by atoms with E-state index in [0.717, 1.165) is 12.3 Å². The largest absolute Gasteiger partial charge is 0.475 e. The topological polar surface area (TPSA) is 39.2 Å². The summed E-state index contributed by atoms with van der Waals surface area (Å²) in [7, 11) is 0. The van der Waals surface area contributed by atoms with Crippen LogP contribution in [0.5, 0.6) is 5.88 Å². The molecule has 0 aliphatic heterocycles. The van der Waals surface area contributed by atoms with Crippen LogP contribution in [-0.4, -0.2) is 24.1 Å². The van der Waals surface area contributed by atoms with Crippen molar-refractivity contribution in [1.29, 1.82) is 0 Å². The summed E-state index contributed by atoms with van der Waals surface area (Å²) >= 11 is 0. The Morgan fingerprint density at radius 1 is 1.44 bits per heavy atom. The van der Waals surface area contributed by atoms with Gasteiger partial charge in [0, 0.05) is 11.8 Å². The highest BCUT2D eigenvalue weighted by Gasteiger charge is 2.64. The van der Waals surface area contributed by atoms with E-state index in [4.69, 9.17) is 4.74 Å². The Morgan fingerprint density at radius 3 is 2.56 bits per heavy atom. The molecule has 1 saturated carbocycles. The fourth-order valence-corrected chi connectivity index (χ4v) is 1.48. The molecule has 1 heterocycles. The van der Waals surface area contributed by atoms with E-state index in [9.17, 15) is 22.4 Å². The van der Waals surface area contributed by atoms with E-state index >= 15 is 0 Å². The maximum absolute atomic E-state index is 13.3. The van der Waals surface area contributed by atoms with Gasteiger partial charge in [0.2, 0.25) is 5.88 Å². The van der Waals surface area contributed by atoms with Crippen LogP contribution in [0, 0.1) is 11.2 Å². The van der Waals surface area contributed by atoms with Gasteiger partial charge in [-0.05, 0) is 18.9 Å². The Labute approximate surface area is 99.8 Å². The first-order valence-corrected chi connectivity index (χ1v) is 5.18. The Balaban J connectivity index is 2.05. The zero-order chi connectivity index (χ0) is 13.4. The van der Waals surface area contributed by atoms with Gasteiger partial charge in [0.25, 0.3) is 0 Å². The highest BCUT2D eigenvalue weighted by atomic mass is 19.4. The lowest BCUT2D eigenvalue weighted by Crippen LogP contribution is -2.30. The molecular formula is C11H9F4NO2. The molecule has 0 amide bonds. The van der Waals surface area contributed by atoms with Crippen LogP contribution in [0.2, 0.25) is 0 Å². The van der Waals surface area contributed by atoms with E-state index in [1.54, 1.807) is 0 Å². The van der Waals surface area contributed by atoms with Gasteiger partial charge in [-0.15, -0.1) is 0 Å². The monoisotopic (exact) mass is 263 g/mol. The third-order valence-electron chi connectivity index (χ3n) is 2.90. The number of nitrogens with zero attached hydrogens (tertiary/aromatic N) is 1. The molecule has 7 heteroatoms. The van der Waals surface area contributed by atoms with Gasteiger partial charge in [-0.3, -0.25) is 4.79 Å². The van der Waals surface area contributed by atoms with Gasteiger partial charge in [-0.25, -0.2) is 9.37 Å². The number of aldehydes is 1. The minimum atomic E-state index is -4.35. The van der Waals surface area contributed by atoms with E-state index < -0.39 is 29.9 Å². The zero-order valence-corrected chi connectivity index (χ0v) is 9.13. The Bertz CT molecular complexity index is 469. The van der Waals surface area contributed by atoms with Crippen LogP contribution in [0.3, 0.4) is 0 Å². The van der Waals surface area contributed by atoms with E-state index in [1.807, 2.05) is 0 Å². The Kier molecular flexibility index (Phi) is 3.00. The van der Waals surface area contributed by atoms with Crippen molar-refractivity contribution in [2.75, 3.05) is 6.61 Å². The molecule has 0 atom stereocenters. The molecular weight excluding hydrogens is 254 g/mol. The number of ether oxygens (including phenoxy) is 1. The quantitative estimate of drug-likeness (QED) is 0.619. The third-order valence-corrected chi connectivity index (χ3v) is 2.90. The molecule has 0 spiro atoms. The summed E-state index contributed by atoms with van der Waals surface area (Å²) in [6, 6.07) is 0.864. The van der Waals surface area contributed by atoms with Gasteiger partial charge in [-0.1, -0.05) is 0 Å². The lowest BCUT2D eigenvalue weighted by molar-refractivity contribution is -0.194. The molecule has 1 aliphatic rings. The normalized spacial score (nSPS) is 17.3. The molecule has 2 rings (SSSR count). The fourth-order valence-electron chi connectivity index (χ4n) is 1.48. The SMILES string of the molecule is O=Cc1cnc(OCC2(C(F)(F)F)CC2)c(F)c1. The molecule has 0 unspecified atom stereocenters. The van der Waals surface area contributed by atoms with Crippen molar-refractivity contribution >= 4 is 6.29 Å². The van der Waals surface area contributed by atoms with Crippen LogP contribution in [0.4, 0.5) is 17.6 Å². The van der Waals surface area contributed by atoms with Crippen molar-refractivity contribution in [1.82, 2.24) is 4.98 Å². The summed E-state index contributed by atoms with van der Waals surface area (Å²) in [5.74, 6) is -1.46. The predicted octanol–water partition coefficient (Wildman–Crippen LogP) is 2.75. The average Bonchev–Trinajstić information content (AvgIpc) is 3.07. The van der Waals surface area contributed by atoms with Crippen LogP contribution in [0.25, 0.3) is 0 Å². The maximum Gasteiger partial charge on any atom is 0.397 e. The van der Waals surface area contributed by atoms with Crippen molar-refractivity contribution in [3.05, 3.63) is 23.6 Å². The predicted molar refractivity (Wildman–Crippen MR) is 52.8 cm³/mol. The molecule has 1 aliphatic carbocycles. The van der Waals surface area contributed by atoms with E-state index in [0.29, 0.717) is 6.29 Å². The average molecular weight is 263 g/mol. The van der Waals surface area contributed by atoms with Crippen LogP contribution < -0.4 is 4.74 Å². The number of halogens is 4. The summed E-state index contributed by atoms with van der Waals surface area (Å²) in [6.07, 6.45) is -2.97. The first-order chi connectivity index (χ1) is 8.38. The number of carbonyl (C=O) groups is 1. The highest BCUT2D eigenvalue weighted by Crippen LogP contribution is 2.57. The molecule has 0 bridgehead atoms. The van der Waals surface area contributed by atoms with Crippen LogP contribution in [0.1, 0.15) is 23.2 Å². The first-order valence-electron chi connectivity index (χ1n) is 5.18. The molecule has 3 nitrogen and oxygen atoms in total. The minimum Gasteiger partial charge on any atom is -0.475 e. The number of alkyl halides is 3. The van der Waals surface area contributed by atoms with Gasteiger partial charge < -0.3 is 4.74 Å². The van der Waals surface area contributed by atoms with E-state index in [-0.39, 0.29) is 18.4 Å². The van der Waals surface area contributed by atoms with Gasteiger partial charge in [0.1, 0.15) is 12.0 Å². The van der Waals surface area contributed by atoms with Crippen molar-refractivity contribution in [3.63, 3.8) is 0 Å². The van der Waals surface area contributed by atoms with Crippen LogP contribution in [0.15, 0.2) is 12.3 Å². The molecule has 0 radical (unpaired) electrons. The van der Waals surface area contributed by atoms with Gasteiger partial charge in [-0.2, -0.15) is 13.2 Å². The highest BCUT2D eigenvalue weighted by molar-refractivity contribution is 5.74.